The first-order chi connectivity index (χ1) is 19.9. The van der Waals surface area contributed by atoms with Crippen LogP contribution in [0, 0.1) is 17.6 Å². The van der Waals surface area contributed by atoms with Crippen molar-refractivity contribution < 1.29 is 31.5 Å². The van der Waals surface area contributed by atoms with Gasteiger partial charge in [-0.1, -0.05) is 17.7 Å². The summed E-state index contributed by atoms with van der Waals surface area (Å²) < 4.78 is 68.0. The standard InChI is InChI=1S/C29H35ClF5N5O2/c1-18-17-40(13-12-39(18)11-8-29(33,34)35)24-15-21(30)3-5-23(24)38-28(42)22-4-2-20(26(31)27(22)32)16-37-25(41)14-19-6-9-36-10-7-19/h2-5,15,18-19,36H,6-14,16-17H2,1H3,(H,37,41)(H,38,42)/t18-/m0/s1. The topological polar surface area (TPSA) is 76.7 Å². The number of benzene rings is 2. The molecule has 2 fully saturated rings. The lowest BCUT2D eigenvalue weighted by Crippen LogP contribution is -2.52. The van der Waals surface area contributed by atoms with Gasteiger partial charge in [-0.25, -0.2) is 8.78 Å². The second kappa shape index (κ2) is 14.0. The molecule has 2 heterocycles. The number of amides is 2. The van der Waals surface area contributed by atoms with Crippen molar-refractivity contribution in [2.45, 2.75) is 51.4 Å². The molecule has 2 aromatic carbocycles. The quantitative estimate of drug-likeness (QED) is 0.332. The van der Waals surface area contributed by atoms with Crippen molar-refractivity contribution >= 4 is 34.8 Å². The Morgan fingerprint density at radius 2 is 1.81 bits per heavy atom. The van der Waals surface area contributed by atoms with Gasteiger partial charge in [0.05, 0.1) is 23.4 Å². The summed E-state index contributed by atoms with van der Waals surface area (Å²) in [6, 6.07) is 6.92. The lowest BCUT2D eigenvalue weighted by atomic mass is 9.94. The predicted molar refractivity (Wildman–Crippen MR) is 152 cm³/mol. The van der Waals surface area contributed by atoms with E-state index in [1.54, 1.807) is 11.0 Å². The van der Waals surface area contributed by atoms with E-state index in [9.17, 15) is 27.2 Å². The monoisotopic (exact) mass is 615 g/mol. The summed E-state index contributed by atoms with van der Waals surface area (Å²) in [6.45, 7) is 4.32. The molecule has 2 aliphatic rings. The van der Waals surface area contributed by atoms with Gasteiger partial charge in [0, 0.05) is 55.8 Å². The average Bonchev–Trinajstić information content (AvgIpc) is 2.94. The van der Waals surface area contributed by atoms with Crippen molar-refractivity contribution in [2.24, 2.45) is 5.92 Å². The lowest BCUT2D eigenvalue weighted by molar-refractivity contribution is -0.139. The van der Waals surface area contributed by atoms with Gasteiger partial charge >= 0.3 is 6.18 Å². The number of hydrogen-bond donors (Lipinski definition) is 3. The zero-order chi connectivity index (χ0) is 30.4. The van der Waals surface area contributed by atoms with Crippen LogP contribution in [0.2, 0.25) is 5.02 Å². The van der Waals surface area contributed by atoms with Gasteiger partial charge in [0.15, 0.2) is 11.6 Å². The summed E-state index contributed by atoms with van der Waals surface area (Å²) in [7, 11) is 0. The first-order valence-corrected chi connectivity index (χ1v) is 14.4. The third kappa shape index (κ3) is 8.54. The molecule has 0 aliphatic carbocycles. The fourth-order valence-corrected chi connectivity index (χ4v) is 5.56. The summed E-state index contributed by atoms with van der Waals surface area (Å²) in [6.07, 6.45) is -3.06. The van der Waals surface area contributed by atoms with Crippen molar-refractivity contribution in [3.05, 3.63) is 58.1 Å². The molecule has 7 nitrogen and oxygen atoms in total. The SMILES string of the molecule is C[C@H]1CN(c2cc(Cl)ccc2NC(=O)c2ccc(CNC(=O)CC3CCNCC3)c(F)c2F)CCN1CCC(F)(F)F. The number of anilines is 2. The van der Waals surface area contributed by atoms with E-state index < -0.39 is 35.7 Å². The Hall–Kier alpha value is -2.96. The number of nitrogens with zero attached hydrogens (tertiary/aromatic N) is 2. The molecule has 4 rings (SSSR count). The fraction of sp³-hybridized carbons (Fsp3) is 0.517. The number of nitrogens with one attached hydrogen (secondary N) is 3. The van der Waals surface area contributed by atoms with Crippen LogP contribution in [-0.4, -0.2) is 68.2 Å². The number of piperazine rings is 1. The first-order valence-electron chi connectivity index (χ1n) is 14.0. The Morgan fingerprint density at radius 3 is 2.50 bits per heavy atom. The van der Waals surface area contributed by atoms with Gasteiger partial charge in [-0.05, 0) is 63.0 Å². The van der Waals surface area contributed by atoms with E-state index in [4.69, 9.17) is 11.6 Å². The van der Waals surface area contributed by atoms with E-state index in [2.05, 4.69) is 16.0 Å². The first kappa shape index (κ1) is 32.0. The Kier molecular flexibility index (Phi) is 10.7. The van der Waals surface area contributed by atoms with Crippen molar-refractivity contribution in [3.63, 3.8) is 0 Å². The number of carbonyl (C=O) groups is 2. The predicted octanol–water partition coefficient (Wildman–Crippen LogP) is 5.34. The van der Waals surface area contributed by atoms with Crippen LogP contribution < -0.4 is 20.9 Å². The molecule has 0 bridgehead atoms. The largest absolute Gasteiger partial charge is 0.390 e. The van der Waals surface area contributed by atoms with Gasteiger partial charge in [0.1, 0.15) is 0 Å². The van der Waals surface area contributed by atoms with E-state index in [0.29, 0.717) is 42.5 Å². The molecule has 0 spiro atoms. The van der Waals surface area contributed by atoms with E-state index in [1.165, 1.54) is 24.3 Å². The summed E-state index contributed by atoms with van der Waals surface area (Å²) in [4.78, 5) is 29.0. The van der Waals surface area contributed by atoms with E-state index in [1.807, 2.05) is 11.8 Å². The molecular formula is C29H35ClF5N5O2. The molecule has 2 aromatic rings. The van der Waals surface area contributed by atoms with Gasteiger partial charge in [-0.2, -0.15) is 13.2 Å². The number of hydrogen-bond acceptors (Lipinski definition) is 5. The molecule has 0 saturated carbocycles. The van der Waals surface area contributed by atoms with Gasteiger partial charge < -0.3 is 20.9 Å². The maximum absolute atomic E-state index is 15.0. The summed E-state index contributed by atoms with van der Waals surface area (Å²) in [5, 5.41) is 8.85. The van der Waals surface area contributed by atoms with Crippen LogP contribution in [0.25, 0.3) is 0 Å². The normalized spacial score (nSPS) is 18.6. The number of piperidine rings is 1. The van der Waals surface area contributed by atoms with Crippen LogP contribution in [0.15, 0.2) is 30.3 Å². The van der Waals surface area contributed by atoms with Gasteiger partial charge in [0.2, 0.25) is 5.91 Å². The highest BCUT2D eigenvalue weighted by Gasteiger charge is 2.32. The molecule has 2 amide bonds. The summed E-state index contributed by atoms with van der Waals surface area (Å²) >= 11 is 6.21. The van der Waals surface area contributed by atoms with Crippen molar-refractivity contribution in [1.82, 2.24) is 15.5 Å². The van der Waals surface area contributed by atoms with Crippen LogP contribution >= 0.6 is 11.6 Å². The highest BCUT2D eigenvalue weighted by molar-refractivity contribution is 6.31. The Morgan fingerprint density at radius 1 is 1.07 bits per heavy atom. The fourth-order valence-electron chi connectivity index (χ4n) is 5.39. The number of halogens is 6. The van der Waals surface area contributed by atoms with Crippen LogP contribution in [0.3, 0.4) is 0 Å². The minimum Gasteiger partial charge on any atom is -0.367 e. The van der Waals surface area contributed by atoms with Crippen molar-refractivity contribution in [3.8, 4) is 0 Å². The van der Waals surface area contributed by atoms with E-state index in [-0.39, 0.29) is 36.5 Å². The maximum atomic E-state index is 15.0. The van der Waals surface area contributed by atoms with E-state index >= 15 is 4.39 Å². The number of alkyl halides is 3. The van der Waals surface area contributed by atoms with E-state index in [0.717, 1.165) is 25.9 Å². The zero-order valence-corrected chi connectivity index (χ0v) is 24.1. The average molecular weight is 616 g/mol. The molecule has 0 aromatic heterocycles. The second-order valence-corrected chi connectivity index (χ2v) is 11.3. The van der Waals surface area contributed by atoms with Crippen molar-refractivity contribution in [2.75, 3.05) is 49.5 Å². The molecule has 0 unspecified atom stereocenters. The molecule has 2 aliphatic heterocycles. The highest BCUT2D eigenvalue weighted by atomic mass is 35.5. The molecule has 0 radical (unpaired) electrons. The molecule has 42 heavy (non-hydrogen) atoms. The molecule has 1 atom stereocenters. The molecule has 230 valence electrons. The summed E-state index contributed by atoms with van der Waals surface area (Å²) in [5.74, 6) is -3.43. The lowest BCUT2D eigenvalue weighted by Gasteiger charge is -2.41. The zero-order valence-electron chi connectivity index (χ0n) is 23.3. The molecule has 13 heteroatoms. The maximum Gasteiger partial charge on any atom is 0.390 e. The van der Waals surface area contributed by atoms with Crippen LogP contribution in [0.1, 0.15) is 48.5 Å². The summed E-state index contributed by atoms with van der Waals surface area (Å²) in [5.41, 5.74) is 0.234. The van der Waals surface area contributed by atoms with Crippen LogP contribution in [0.5, 0.6) is 0 Å². The highest BCUT2D eigenvalue weighted by Crippen LogP contribution is 2.32. The molecular weight excluding hydrogens is 581 g/mol. The minimum absolute atomic E-state index is 0.0766. The Labute approximate surface area is 246 Å². The Bertz CT molecular complexity index is 1270. The number of rotatable bonds is 9. The van der Waals surface area contributed by atoms with Crippen LogP contribution in [0.4, 0.5) is 33.3 Å². The second-order valence-electron chi connectivity index (χ2n) is 10.9. The third-order valence-electron chi connectivity index (χ3n) is 7.81. The minimum atomic E-state index is -4.24. The van der Waals surface area contributed by atoms with Gasteiger partial charge in [0.25, 0.3) is 5.91 Å². The van der Waals surface area contributed by atoms with Crippen LogP contribution in [-0.2, 0) is 11.3 Å². The molecule has 3 N–H and O–H groups in total. The van der Waals surface area contributed by atoms with Crippen molar-refractivity contribution in [1.29, 1.82) is 0 Å². The number of carbonyl (C=O) groups excluding carboxylic acids is 2. The molecule has 2 saturated heterocycles. The van der Waals surface area contributed by atoms with Gasteiger partial charge in [-0.3, -0.25) is 14.5 Å². The third-order valence-corrected chi connectivity index (χ3v) is 8.05. The smallest absolute Gasteiger partial charge is 0.367 e. The Balaban J connectivity index is 1.40. The van der Waals surface area contributed by atoms with Gasteiger partial charge in [-0.15, -0.1) is 0 Å².